The number of ether oxygens (including phenoxy) is 1. The highest BCUT2D eigenvalue weighted by Crippen LogP contribution is 2.19. The van der Waals surface area contributed by atoms with Crippen LogP contribution >= 0.6 is 15.9 Å². The van der Waals surface area contributed by atoms with Crippen LogP contribution in [-0.4, -0.2) is 29.4 Å². The van der Waals surface area contributed by atoms with E-state index in [1.54, 1.807) is 19.5 Å². The molecule has 0 spiro atoms. The van der Waals surface area contributed by atoms with E-state index in [9.17, 15) is 0 Å². The first-order valence-electron chi connectivity index (χ1n) is 5.63. The Balaban J connectivity index is 2.75. The van der Waals surface area contributed by atoms with Crippen LogP contribution in [0.2, 0.25) is 0 Å². The van der Waals surface area contributed by atoms with E-state index < -0.39 is 0 Å². The third-order valence-electron chi connectivity index (χ3n) is 2.58. The molecular weight excluding hydrogens is 282 g/mol. The van der Waals surface area contributed by atoms with E-state index in [4.69, 9.17) is 10.1 Å². The predicted molar refractivity (Wildman–Crippen MR) is 74.2 cm³/mol. The van der Waals surface area contributed by atoms with Crippen molar-refractivity contribution in [2.75, 3.05) is 19.0 Å². The van der Waals surface area contributed by atoms with Crippen LogP contribution in [0.5, 0.6) is 0 Å². The lowest BCUT2D eigenvalue weighted by Gasteiger charge is -2.19. The van der Waals surface area contributed by atoms with Gasteiger partial charge < -0.3 is 10.1 Å². The summed E-state index contributed by atoms with van der Waals surface area (Å²) in [5.74, 6) is 0. The summed E-state index contributed by atoms with van der Waals surface area (Å²) in [6.07, 6.45) is 5.37. The minimum atomic E-state index is 0.342. The van der Waals surface area contributed by atoms with Gasteiger partial charge in [0.05, 0.1) is 0 Å². The number of anilines is 1. The first-order chi connectivity index (χ1) is 8.19. The van der Waals surface area contributed by atoms with Crippen LogP contribution in [0.15, 0.2) is 18.5 Å². The molecule has 1 unspecified atom stereocenters. The van der Waals surface area contributed by atoms with E-state index in [1.165, 1.54) is 0 Å². The maximum absolute atomic E-state index is 7.63. The van der Waals surface area contributed by atoms with Crippen molar-refractivity contribution in [1.29, 1.82) is 5.41 Å². The van der Waals surface area contributed by atoms with Gasteiger partial charge in [0.2, 0.25) is 0 Å². The number of pyridine rings is 1. The van der Waals surface area contributed by atoms with Crippen molar-refractivity contribution >= 4 is 26.2 Å². The molecule has 0 saturated heterocycles. The molecule has 1 heterocycles. The molecule has 0 aliphatic rings. The van der Waals surface area contributed by atoms with Crippen LogP contribution in [0.4, 0.5) is 5.69 Å². The molecule has 94 valence electrons. The van der Waals surface area contributed by atoms with E-state index in [0.29, 0.717) is 10.7 Å². The number of methoxy groups -OCH3 is 1. The van der Waals surface area contributed by atoms with E-state index >= 15 is 0 Å². The fourth-order valence-electron chi connectivity index (χ4n) is 1.55. The minimum absolute atomic E-state index is 0.342. The second-order valence-corrected chi connectivity index (χ2v) is 4.56. The Hall–Kier alpha value is -0.940. The molecule has 1 aromatic heterocycles. The zero-order valence-electron chi connectivity index (χ0n) is 10.2. The Kier molecular flexibility index (Phi) is 6.15. The van der Waals surface area contributed by atoms with Crippen LogP contribution < -0.4 is 5.32 Å². The maximum Gasteiger partial charge on any atom is 0.108 e. The van der Waals surface area contributed by atoms with Gasteiger partial charge in [0.1, 0.15) is 4.62 Å². The molecule has 0 aliphatic heterocycles. The number of halogens is 1. The molecule has 0 fully saturated rings. The van der Waals surface area contributed by atoms with Crippen LogP contribution in [0.1, 0.15) is 25.3 Å². The first kappa shape index (κ1) is 14.1. The number of aromatic nitrogens is 1. The van der Waals surface area contributed by atoms with Crippen molar-refractivity contribution < 1.29 is 4.74 Å². The smallest absolute Gasteiger partial charge is 0.108 e. The quantitative estimate of drug-likeness (QED) is 0.761. The predicted octanol–water partition coefficient (Wildman–Crippen LogP) is 3.03. The van der Waals surface area contributed by atoms with E-state index in [1.807, 2.05) is 6.07 Å². The first-order valence-corrected chi connectivity index (χ1v) is 6.42. The number of hydrogen-bond acceptors (Lipinski definition) is 4. The fourth-order valence-corrected chi connectivity index (χ4v) is 1.87. The number of hydrogen-bond donors (Lipinski definition) is 2. The van der Waals surface area contributed by atoms with Crippen molar-refractivity contribution in [3.05, 3.63) is 24.0 Å². The fraction of sp³-hybridized carbons (Fsp3) is 0.500. The molecule has 0 aromatic carbocycles. The Morgan fingerprint density at radius 2 is 2.41 bits per heavy atom. The Bertz CT molecular complexity index is 371. The summed E-state index contributed by atoms with van der Waals surface area (Å²) in [4.78, 5) is 4.03. The van der Waals surface area contributed by atoms with E-state index in [-0.39, 0.29) is 0 Å². The number of rotatable bonds is 7. The molecule has 0 saturated carbocycles. The van der Waals surface area contributed by atoms with Crippen molar-refractivity contribution in [3.8, 4) is 0 Å². The van der Waals surface area contributed by atoms with Gasteiger partial charge in [-0.3, -0.25) is 10.4 Å². The lowest BCUT2D eigenvalue weighted by Crippen LogP contribution is -2.21. The van der Waals surface area contributed by atoms with Crippen LogP contribution in [0.3, 0.4) is 0 Å². The zero-order valence-corrected chi connectivity index (χ0v) is 11.8. The lowest BCUT2D eigenvalue weighted by molar-refractivity contribution is 0.189. The lowest BCUT2D eigenvalue weighted by atomic mass is 10.1. The SMILES string of the molecule is CCC(CCOC)Nc1ccncc1C(=N)Br. The van der Waals surface area contributed by atoms with Crippen molar-refractivity contribution in [3.63, 3.8) is 0 Å². The summed E-state index contributed by atoms with van der Waals surface area (Å²) in [5.41, 5.74) is 1.72. The van der Waals surface area contributed by atoms with Gasteiger partial charge in [0, 0.05) is 43.4 Å². The van der Waals surface area contributed by atoms with Crippen molar-refractivity contribution in [1.82, 2.24) is 4.98 Å². The summed E-state index contributed by atoms with van der Waals surface area (Å²) < 4.78 is 5.43. The summed E-state index contributed by atoms with van der Waals surface area (Å²) in [7, 11) is 1.71. The molecule has 1 atom stereocenters. The second kappa shape index (κ2) is 7.40. The summed E-state index contributed by atoms with van der Waals surface area (Å²) in [5, 5.41) is 11.1. The van der Waals surface area contributed by atoms with Gasteiger partial charge in [-0.15, -0.1) is 0 Å². The molecule has 0 aliphatic carbocycles. The van der Waals surface area contributed by atoms with E-state index in [2.05, 4.69) is 33.2 Å². The van der Waals surface area contributed by atoms with Gasteiger partial charge in [0.25, 0.3) is 0 Å². The van der Waals surface area contributed by atoms with Gasteiger partial charge in [-0.25, -0.2) is 0 Å². The summed E-state index contributed by atoms with van der Waals surface area (Å²) >= 11 is 3.18. The average Bonchev–Trinajstić information content (AvgIpc) is 2.34. The topological polar surface area (TPSA) is 58.0 Å². The maximum atomic E-state index is 7.63. The largest absolute Gasteiger partial charge is 0.385 e. The minimum Gasteiger partial charge on any atom is -0.385 e. The highest BCUT2D eigenvalue weighted by Gasteiger charge is 2.10. The highest BCUT2D eigenvalue weighted by atomic mass is 79.9. The van der Waals surface area contributed by atoms with Crippen LogP contribution in [0, 0.1) is 5.41 Å². The van der Waals surface area contributed by atoms with Crippen molar-refractivity contribution in [2.24, 2.45) is 0 Å². The Labute approximate surface area is 110 Å². The van der Waals surface area contributed by atoms with Gasteiger partial charge >= 0.3 is 0 Å². The molecule has 0 radical (unpaired) electrons. The Morgan fingerprint density at radius 1 is 1.65 bits per heavy atom. The van der Waals surface area contributed by atoms with Gasteiger partial charge in [-0.05, 0) is 34.8 Å². The molecule has 0 bridgehead atoms. The van der Waals surface area contributed by atoms with Gasteiger partial charge in [-0.1, -0.05) is 6.92 Å². The molecule has 4 nitrogen and oxygen atoms in total. The molecule has 0 amide bonds. The molecule has 5 heteroatoms. The average molecular weight is 300 g/mol. The molecule has 1 aromatic rings. The molecule has 2 N–H and O–H groups in total. The van der Waals surface area contributed by atoms with Gasteiger partial charge in [-0.2, -0.15) is 0 Å². The standard InChI is InChI=1S/C12H18BrN3O/c1-3-9(5-7-17-2)16-11-4-6-15-8-10(11)12(13)14/h4,6,8-9,14H,3,5,7H2,1-2H3,(H,15,16). The van der Waals surface area contributed by atoms with Crippen LogP contribution in [0.25, 0.3) is 0 Å². The normalized spacial score (nSPS) is 12.2. The van der Waals surface area contributed by atoms with E-state index in [0.717, 1.165) is 30.7 Å². The van der Waals surface area contributed by atoms with Crippen molar-refractivity contribution in [2.45, 2.75) is 25.8 Å². The monoisotopic (exact) mass is 299 g/mol. The summed E-state index contributed by atoms with van der Waals surface area (Å²) in [6, 6.07) is 2.24. The third-order valence-corrected chi connectivity index (χ3v) is 3.01. The molecule has 1 rings (SSSR count). The third kappa shape index (κ3) is 4.44. The molecular formula is C12H18BrN3O. The highest BCUT2D eigenvalue weighted by molar-refractivity contribution is 9.18. The zero-order chi connectivity index (χ0) is 12.7. The molecule has 17 heavy (non-hydrogen) atoms. The van der Waals surface area contributed by atoms with Gasteiger partial charge in [0.15, 0.2) is 0 Å². The van der Waals surface area contributed by atoms with Crippen LogP contribution in [-0.2, 0) is 4.74 Å². The number of nitrogens with one attached hydrogen (secondary N) is 2. The number of nitrogens with zero attached hydrogens (tertiary/aromatic N) is 1. The Morgan fingerprint density at radius 3 is 3.00 bits per heavy atom. The summed E-state index contributed by atoms with van der Waals surface area (Å²) in [6.45, 7) is 2.87. The second-order valence-electron chi connectivity index (χ2n) is 3.77.